The SMILES string of the molecule is CCOc1ccc(NC(=O)N2CCN(c3ccccc3C(C)(C)C)CC2)cc1. The van der Waals surface area contributed by atoms with E-state index < -0.39 is 0 Å². The maximum absolute atomic E-state index is 12.6. The molecule has 1 heterocycles. The Morgan fingerprint density at radius 2 is 1.64 bits per heavy atom. The van der Waals surface area contributed by atoms with Crippen LogP contribution in [-0.4, -0.2) is 43.7 Å². The lowest BCUT2D eigenvalue weighted by Gasteiger charge is -2.38. The van der Waals surface area contributed by atoms with Gasteiger partial charge in [-0.1, -0.05) is 39.0 Å². The average molecular weight is 382 g/mol. The third-order valence-electron chi connectivity index (χ3n) is 5.04. The molecule has 1 N–H and O–H groups in total. The van der Waals surface area contributed by atoms with Crippen molar-refractivity contribution < 1.29 is 9.53 Å². The van der Waals surface area contributed by atoms with Crippen molar-refractivity contribution in [1.29, 1.82) is 0 Å². The first kappa shape index (κ1) is 20.1. The van der Waals surface area contributed by atoms with E-state index in [1.165, 1.54) is 11.3 Å². The highest BCUT2D eigenvalue weighted by Gasteiger charge is 2.25. The maximum atomic E-state index is 12.6. The van der Waals surface area contributed by atoms with Crippen LogP contribution in [-0.2, 0) is 5.41 Å². The molecule has 0 bridgehead atoms. The summed E-state index contributed by atoms with van der Waals surface area (Å²) in [6.45, 7) is 12.4. The van der Waals surface area contributed by atoms with Crippen LogP contribution >= 0.6 is 0 Å². The normalized spacial score (nSPS) is 14.7. The third kappa shape index (κ3) is 4.77. The number of piperazine rings is 1. The van der Waals surface area contributed by atoms with Gasteiger partial charge in [0.25, 0.3) is 0 Å². The zero-order valence-corrected chi connectivity index (χ0v) is 17.4. The summed E-state index contributed by atoms with van der Waals surface area (Å²) in [7, 11) is 0. The fourth-order valence-electron chi connectivity index (χ4n) is 3.54. The van der Waals surface area contributed by atoms with Crippen molar-refractivity contribution in [3.8, 4) is 5.75 Å². The van der Waals surface area contributed by atoms with Crippen molar-refractivity contribution in [3.05, 3.63) is 54.1 Å². The van der Waals surface area contributed by atoms with Gasteiger partial charge in [-0.2, -0.15) is 0 Å². The molecule has 3 rings (SSSR count). The molecule has 28 heavy (non-hydrogen) atoms. The van der Waals surface area contributed by atoms with Crippen LogP contribution in [0.3, 0.4) is 0 Å². The molecule has 2 amide bonds. The Bertz CT molecular complexity index is 788. The van der Waals surface area contributed by atoms with Gasteiger partial charge in [-0.3, -0.25) is 0 Å². The van der Waals surface area contributed by atoms with Gasteiger partial charge in [-0.15, -0.1) is 0 Å². The number of carbonyl (C=O) groups is 1. The molecule has 2 aromatic rings. The summed E-state index contributed by atoms with van der Waals surface area (Å²) in [5, 5.41) is 2.98. The lowest BCUT2D eigenvalue weighted by Crippen LogP contribution is -2.50. The predicted molar refractivity (Wildman–Crippen MR) is 116 cm³/mol. The number of hydrogen-bond donors (Lipinski definition) is 1. The first-order valence-corrected chi connectivity index (χ1v) is 10.0. The Kier molecular flexibility index (Phi) is 6.12. The van der Waals surface area contributed by atoms with E-state index in [1.807, 2.05) is 36.1 Å². The van der Waals surface area contributed by atoms with Gasteiger partial charge in [0.2, 0.25) is 0 Å². The Morgan fingerprint density at radius 3 is 2.25 bits per heavy atom. The van der Waals surface area contributed by atoms with E-state index in [2.05, 4.69) is 55.3 Å². The van der Waals surface area contributed by atoms with Gasteiger partial charge in [0.1, 0.15) is 5.75 Å². The number of ether oxygens (including phenoxy) is 1. The van der Waals surface area contributed by atoms with Crippen LogP contribution in [0.1, 0.15) is 33.3 Å². The number of nitrogens with zero attached hydrogens (tertiary/aromatic N) is 2. The number of nitrogens with one attached hydrogen (secondary N) is 1. The Morgan fingerprint density at radius 1 is 1.00 bits per heavy atom. The van der Waals surface area contributed by atoms with E-state index in [-0.39, 0.29) is 11.4 Å². The van der Waals surface area contributed by atoms with Crippen LogP contribution in [0.2, 0.25) is 0 Å². The van der Waals surface area contributed by atoms with Gasteiger partial charge in [0, 0.05) is 37.6 Å². The van der Waals surface area contributed by atoms with Crippen LogP contribution in [0.25, 0.3) is 0 Å². The van der Waals surface area contributed by atoms with Crippen molar-refractivity contribution in [2.45, 2.75) is 33.1 Å². The molecule has 1 saturated heterocycles. The molecule has 5 nitrogen and oxygen atoms in total. The fourth-order valence-corrected chi connectivity index (χ4v) is 3.54. The molecule has 0 aromatic heterocycles. The average Bonchev–Trinajstić information content (AvgIpc) is 2.69. The molecule has 1 aliphatic rings. The minimum absolute atomic E-state index is 0.0482. The van der Waals surface area contributed by atoms with Gasteiger partial charge < -0.3 is 19.9 Å². The van der Waals surface area contributed by atoms with Crippen molar-refractivity contribution in [1.82, 2.24) is 4.90 Å². The maximum Gasteiger partial charge on any atom is 0.321 e. The third-order valence-corrected chi connectivity index (χ3v) is 5.04. The summed E-state index contributed by atoms with van der Waals surface area (Å²) in [6.07, 6.45) is 0. The number of benzene rings is 2. The quantitative estimate of drug-likeness (QED) is 0.832. The number of anilines is 2. The molecule has 0 aliphatic carbocycles. The summed E-state index contributed by atoms with van der Waals surface area (Å²) in [5.41, 5.74) is 3.51. The molecule has 1 fully saturated rings. The highest BCUT2D eigenvalue weighted by Crippen LogP contribution is 2.32. The Labute approximate surface area is 168 Å². The molecule has 2 aromatic carbocycles. The zero-order valence-electron chi connectivity index (χ0n) is 17.4. The molecule has 0 radical (unpaired) electrons. The second kappa shape index (κ2) is 8.55. The summed E-state index contributed by atoms with van der Waals surface area (Å²) in [4.78, 5) is 16.9. The lowest BCUT2D eigenvalue weighted by molar-refractivity contribution is 0.208. The molecular weight excluding hydrogens is 350 g/mol. The van der Waals surface area contributed by atoms with Gasteiger partial charge >= 0.3 is 6.03 Å². The fraction of sp³-hybridized carbons (Fsp3) is 0.435. The molecule has 0 saturated carbocycles. The van der Waals surface area contributed by atoms with Crippen molar-refractivity contribution >= 4 is 17.4 Å². The minimum Gasteiger partial charge on any atom is -0.494 e. The van der Waals surface area contributed by atoms with Crippen LogP contribution in [0.4, 0.5) is 16.2 Å². The van der Waals surface area contributed by atoms with Crippen LogP contribution in [0.15, 0.2) is 48.5 Å². The van der Waals surface area contributed by atoms with E-state index in [0.29, 0.717) is 19.7 Å². The van der Waals surface area contributed by atoms with Crippen LogP contribution < -0.4 is 15.0 Å². The monoisotopic (exact) mass is 381 g/mol. The highest BCUT2D eigenvalue weighted by atomic mass is 16.5. The molecule has 0 atom stereocenters. The minimum atomic E-state index is -0.0482. The molecule has 0 unspecified atom stereocenters. The second-order valence-corrected chi connectivity index (χ2v) is 8.13. The van der Waals surface area contributed by atoms with Crippen molar-refractivity contribution in [2.75, 3.05) is 43.0 Å². The van der Waals surface area contributed by atoms with E-state index in [4.69, 9.17) is 4.74 Å². The van der Waals surface area contributed by atoms with Gasteiger partial charge in [0.05, 0.1) is 6.61 Å². The van der Waals surface area contributed by atoms with Gasteiger partial charge in [-0.25, -0.2) is 4.79 Å². The largest absolute Gasteiger partial charge is 0.494 e. The summed E-state index contributed by atoms with van der Waals surface area (Å²) >= 11 is 0. The number of amides is 2. The Hall–Kier alpha value is -2.69. The smallest absolute Gasteiger partial charge is 0.321 e. The predicted octanol–water partition coefficient (Wildman–Crippen LogP) is 4.74. The molecule has 150 valence electrons. The van der Waals surface area contributed by atoms with E-state index in [9.17, 15) is 4.79 Å². The standard InChI is InChI=1S/C23H31N3O2/c1-5-28-19-12-10-18(11-13-19)24-22(27)26-16-14-25(15-17-26)21-9-7-6-8-20(21)23(2,3)4/h6-13H,5,14-17H2,1-4H3,(H,24,27). The van der Waals surface area contributed by atoms with E-state index in [0.717, 1.165) is 24.5 Å². The van der Waals surface area contributed by atoms with E-state index >= 15 is 0 Å². The van der Waals surface area contributed by atoms with Crippen LogP contribution in [0, 0.1) is 0 Å². The molecule has 0 spiro atoms. The highest BCUT2D eigenvalue weighted by molar-refractivity contribution is 5.89. The topological polar surface area (TPSA) is 44.8 Å². The second-order valence-electron chi connectivity index (χ2n) is 8.13. The molecule has 5 heteroatoms. The van der Waals surface area contributed by atoms with Crippen molar-refractivity contribution in [2.24, 2.45) is 0 Å². The molecule has 1 aliphatic heterocycles. The number of hydrogen-bond acceptors (Lipinski definition) is 3. The van der Waals surface area contributed by atoms with Gasteiger partial charge in [0.15, 0.2) is 0 Å². The number of carbonyl (C=O) groups excluding carboxylic acids is 1. The van der Waals surface area contributed by atoms with Gasteiger partial charge in [-0.05, 0) is 48.2 Å². The lowest BCUT2D eigenvalue weighted by atomic mass is 9.85. The van der Waals surface area contributed by atoms with Crippen LogP contribution in [0.5, 0.6) is 5.75 Å². The summed E-state index contributed by atoms with van der Waals surface area (Å²) in [5.74, 6) is 0.812. The number of urea groups is 1. The zero-order chi connectivity index (χ0) is 20.1. The van der Waals surface area contributed by atoms with E-state index in [1.54, 1.807) is 0 Å². The Balaban J connectivity index is 1.59. The van der Waals surface area contributed by atoms with Crippen molar-refractivity contribution in [3.63, 3.8) is 0 Å². The summed E-state index contributed by atoms with van der Waals surface area (Å²) in [6, 6.07) is 16.0. The first-order chi connectivity index (χ1) is 13.4. The first-order valence-electron chi connectivity index (χ1n) is 10.0. The number of para-hydroxylation sites is 1. The summed E-state index contributed by atoms with van der Waals surface area (Å²) < 4.78 is 5.44. The molecular formula is C23H31N3O2. The number of rotatable bonds is 4.